The number of rotatable bonds is 4. The summed E-state index contributed by atoms with van der Waals surface area (Å²) in [5.74, 6) is -1.71. The molecule has 1 heterocycles. The molecule has 3 rings (SSSR count). The molecule has 122 valence electrons. The van der Waals surface area contributed by atoms with Crippen molar-refractivity contribution < 1.29 is 0 Å². The first-order valence-corrected chi connectivity index (χ1v) is 7.94. The van der Waals surface area contributed by atoms with E-state index in [1.807, 2.05) is 42.5 Å². The van der Waals surface area contributed by atoms with Crippen molar-refractivity contribution in [2.24, 2.45) is 5.92 Å². The van der Waals surface area contributed by atoms with Gasteiger partial charge in [0.25, 0.3) is 5.56 Å². The Labute approximate surface area is 149 Å². The molecule has 0 spiro atoms. The first kappa shape index (κ1) is 16.6. The van der Waals surface area contributed by atoms with Gasteiger partial charge >= 0.3 is 0 Å². The monoisotopic (exact) mass is 348 g/mol. The van der Waals surface area contributed by atoms with Crippen molar-refractivity contribution in [1.29, 1.82) is 10.5 Å². The van der Waals surface area contributed by atoms with Crippen molar-refractivity contribution in [1.82, 2.24) is 10.2 Å². The van der Waals surface area contributed by atoms with Gasteiger partial charge < -0.3 is 0 Å². The molecule has 3 aromatic rings. The van der Waals surface area contributed by atoms with E-state index in [4.69, 9.17) is 11.6 Å². The fourth-order valence-corrected chi connectivity index (χ4v) is 3.00. The zero-order valence-electron chi connectivity index (χ0n) is 13.0. The van der Waals surface area contributed by atoms with Gasteiger partial charge in [-0.1, -0.05) is 54.1 Å². The van der Waals surface area contributed by atoms with Gasteiger partial charge in [-0.2, -0.15) is 10.5 Å². The lowest BCUT2D eigenvalue weighted by atomic mass is 9.81. The Morgan fingerprint density at radius 3 is 2.16 bits per heavy atom. The predicted octanol–water partition coefficient (Wildman–Crippen LogP) is 3.82. The highest BCUT2D eigenvalue weighted by molar-refractivity contribution is 6.30. The van der Waals surface area contributed by atoms with Gasteiger partial charge in [0.15, 0.2) is 0 Å². The normalized spacial score (nSPS) is 11.7. The third kappa shape index (κ3) is 3.19. The second kappa shape index (κ2) is 7.09. The Morgan fingerprint density at radius 1 is 0.920 bits per heavy atom. The van der Waals surface area contributed by atoms with Gasteiger partial charge in [0.1, 0.15) is 5.92 Å². The highest BCUT2D eigenvalue weighted by Crippen LogP contribution is 2.35. The van der Waals surface area contributed by atoms with Gasteiger partial charge in [-0.05, 0) is 23.3 Å². The second-order valence-corrected chi connectivity index (χ2v) is 5.94. The number of aromatic nitrogens is 2. The van der Waals surface area contributed by atoms with E-state index in [0.29, 0.717) is 21.8 Å². The van der Waals surface area contributed by atoms with Gasteiger partial charge in [0.2, 0.25) is 0 Å². The van der Waals surface area contributed by atoms with E-state index in [9.17, 15) is 15.3 Å². The van der Waals surface area contributed by atoms with Crippen LogP contribution in [0.5, 0.6) is 0 Å². The Bertz CT molecular complexity index is 993. The molecular weight excluding hydrogens is 336 g/mol. The molecule has 6 heteroatoms. The smallest absolute Gasteiger partial charge is 0.268 e. The molecule has 0 unspecified atom stereocenters. The van der Waals surface area contributed by atoms with E-state index in [-0.39, 0.29) is 5.56 Å². The summed E-state index contributed by atoms with van der Waals surface area (Å²) < 4.78 is 0. The van der Waals surface area contributed by atoms with Crippen LogP contribution in [0.15, 0.2) is 59.4 Å². The number of H-pyrrole nitrogens is 2. The molecule has 25 heavy (non-hydrogen) atoms. The first-order chi connectivity index (χ1) is 12.2. The number of hydrogen-bond acceptors (Lipinski definition) is 3. The van der Waals surface area contributed by atoms with Crippen LogP contribution in [0.3, 0.4) is 0 Å². The molecule has 0 saturated heterocycles. The number of nitriles is 2. The van der Waals surface area contributed by atoms with Crippen molar-refractivity contribution in [3.8, 4) is 23.4 Å². The summed E-state index contributed by atoms with van der Waals surface area (Å²) in [6.07, 6.45) is 0. The van der Waals surface area contributed by atoms with E-state index < -0.39 is 11.8 Å². The Hall–Kier alpha value is -3.28. The van der Waals surface area contributed by atoms with Gasteiger partial charge in [0.05, 0.1) is 23.4 Å². The molecular formula is C19H13ClN4O. The van der Waals surface area contributed by atoms with Crippen LogP contribution in [-0.4, -0.2) is 10.2 Å². The number of aromatic amines is 2. The number of benzene rings is 2. The molecule has 2 aromatic carbocycles. The zero-order valence-corrected chi connectivity index (χ0v) is 13.8. The van der Waals surface area contributed by atoms with Gasteiger partial charge in [-0.15, -0.1) is 0 Å². The van der Waals surface area contributed by atoms with Gasteiger partial charge in [-0.25, -0.2) is 0 Å². The standard InChI is InChI=1S/C19H13ClN4O/c20-15-8-6-12(7-9-15)16(14(10-21)11-22)17-18(23-24-19(17)25)13-4-2-1-3-5-13/h1-9,14,16H,(H2,23,24,25)/t16-/m0/s1. The average molecular weight is 349 g/mol. The Kier molecular flexibility index (Phi) is 4.70. The lowest BCUT2D eigenvalue weighted by molar-refractivity contribution is 0.706. The minimum Gasteiger partial charge on any atom is -0.297 e. The van der Waals surface area contributed by atoms with Crippen molar-refractivity contribution in [2.45, 2.75) is 5.92 Å². The number of hydrogen-bond donors (Lipinski definition) is 2. The number of nitrogens with one attached hydrogen (secondary N) is 2. The zero-order chi connectivity index (χ0) is 17.8. The van der Waals surface area contributed by atoms with Crippen molar-refractivity contribution in [2.75, 3.05) is 0 Å². The summed E-state index contributed by atoms with van der Waals surface area (Å²) in [6.45, 7) is 0. The highest BCUT2D eigenvalue weighted by Gasteiger charge is 2.31. The molecule has 0 aliphatic carbocycles. The van der Waals surface area contributed by atoms with Crippen LogP contribution in [0.4, 0.5) is 0 Å². The Morgan fingerprint density at radius 2 is 1.56 bits per heavy atom. The molecule has 0 amide bonds. The lowest BCUT2D eigenvalue weighted by Crippen LogP contribution is -2.19. The summed E-state index contributed by atoms with van der Waals surface area (Å²) in [5.41, 5.74) is 2.06. The minimum absolute atomic E-state index is 0.352. The van der Waals surface area contributed by atoms with Crippen LogP contribution < -0.4 is 5.56 Å². The summed E-state index contributed by atoms with van der Waals surface area (Å²) >= 11 is 5.94. The van der Waals surface area contributed by atoms with E-state index >= 15 is 0 Å². The largest absolute Gasteiger partial charge is 0.297 e. The maximum absolute atomic E-state index is 12.5. The molecule has 0 aliphatic heterocycles. The lowest BCUT2D eigenvalue weighted by Gasteiger charge is -2.18. The maximum atomic E-state index is 12.5. The topological polar surface area (TPSA) is 96.2 Å². The number of halogens is 1. The first-order valence-electron chi connectivity index (χ1n) is 7.56. The van der Waals surface area contributed by atoms with Crippen molar-refractivity contribution >= 4 is 11.6 Å². The van der Waals surface area contributed by atoms with Gasteiger partial charge in [0, 0.05) is 10.9 Å². The van der Waals surface area contributed by atoms with Crippen molar-refractivity contribution in [3.63, 3.8) is 0 Å². The molecule has 0 bridgehead atoms. The fourth-order valence-electron chi connectivity index (χ4n) is 2.87. The molecule has 2 N–H and O–H groups in total. The summed E-state index contributed by atoms with van der Waals surface area (Å²) in [5, 5.41) is 24.9. The highest BCUT2D eigenvalue weighted by atomic mass is 35.5. The van der Waals surface area contributed by atoms with E-state index in [2.05, 4.69) is 10.2 Å². The van der Waals surface area contributed by atoms with E-state index in [1.54, 1.807) is 24.3 Å². The maximum Gasteiger partial charge on any atom is 0.268 e. The molecule has 0 fully saturated rings. The summed E-state index contributed by atoms with van der Waals surface area (Å²) in [6, 6.07) is 20.1. The summed E-state index contributed by atoms with van der Waals surface area (Å²) in [7, 11) is 0. The second-order valence-electron chi connectivity index (χ2n) is 5.50. The van der Waals surface area contributed by atoms with Crippen molar-refractivity contribution in [3.05, 3.63) is 81.1 Å². The third-order valence-corrected chi connectivity index (χ3v) is 4.28. The van der Waals surface area contributed by atoms with Crippen LogP contribution in [-0.2, 0) is 0 Å². The molecule has 0 saturated carbocycles. The molecule has 5 nitrogen and oxygen atoms in total. The average Bonchev–Trinajstić information content (AvgIpc) is 3.02. The molecule has 1 atom stereocenters. The Balaban J connectivity index is 2.23. The SMILES string of the molecule is N#CC(C#N)[C@H](c1ccc(Cl)cc1)c1c(-c2ccccc2)[nH][nH]c1=O. The van der Waals surface area contributed by atoms with E-state index in [1.165, 1.54) is 0 Å². The third-order valence-electron chi connectivity index (χ3n) is 4.03. The van der Waals surface area contributed by atoms with E-state index in [0.717, 1.165) is 5.56 Å². The molecule has 0 aliphatic rings. The van der Waals surface area contributed by atoms with Crippen LogP contribution in [0, 0.1) is 28.6 Å². The minimum atomic E-state index is -1.01. The molecule has 0 radical (unpaired) electrons. The van der Waals surface area contributed by atoms with Crippen LogP contribution >= 0.6 is 11.6 Å². The predicted molar refractivity (Wildman–Crippen MR) is 94.9 cm³/mol. The number of nitrogens with zero attached hydrogens (tertiary/aromatic N) is 2. The summed E-state index contributed by atoms with van der Waals surface area (Å²) in [4.78, 5) is 12.5. The molecule has 1 aromatic heterocycles. The fraction of sp³-hybridized carbons (Fsp3) is 0.105. The van der Waals surface area contributed by atoms with Crippen LogP contribution in [0.2, 0.25) is 5.02 Å². The van der Waals surface area contributed by atoms with Crippen LogP contribution in [0.1, 0.15) is 17.0 Å². The van der Waals surface area contributed by atoms with Gasteiger partial charge in [-0.3, -0.25) is 15.0 Å². The van der Waals surface area contributed by atoms with Crippen LogP contribution in [0.25, 0.3) is 11.3 Å². The quantitative estimate of drug-likeness (QED) is 0.750.